The van der Waals surface area contributed by atoms with Crippen LogP contribution in [-0.4, -0.2) is 22.5 Å². The molecule has 0 radical (unpaired) electrons. The molecule has 5 heteroatoms. The predicted octanol–water partition coefficient (Wildman–Crippen LogP) is 4.31. The second kappa shape index (κ2) is 5.32. The smallest absolute Gasteiger partial charge is 0.166 e. The summed E-state index contributed by atoms with van der Waals surface area (Å²) >= 11 is 3.38. The molecule has 0 spiro atoms. The Morgan fingerprint density at radius 2 is 2.22 bits per heavy atom. The average molecular weight is 342 g/mol. The zero-order valence-corrected chi connectivity index (χ0v) is 14.9. The molecule has 3 heterocycles. The van der Waals surface area contributed by atoms with Gasteiger partial charge in [-0.3, -0.25) is 9.79 Å². The van der Waals surface area contributed by atoms with Crippen molar-refractivity contribution in [3.05, 3.63) is 33.2 Å². The van der Waals surface area contributed by atoms with Crippen LogP contribution >= 0.6 is 23.1 Å². The molecule has 4 rings (SSSR count). The zero-order valence-electron chi connectivity index (χ0n) is 13.3. The van der Waals surface area contributed by atoms with Gasteiger partial charge in [0, 0.05) is 28.3 Å². The number of nitriles is 1. The summed E-state index contributed by atoms with van der Waals surface area (Å²) in [5.41, 5.74) is 4.00. The Hall–Kier alpha value is -1.38. The van der Waals surface area contributed by atoms with Crippen LogP contribution in [0.3, 0.4) is 0 Å². The van der Waals surface area contributed by atoms with E-state index in [4.69, 9.17) is 10.3 Å². The standard InChI is InChI=1S/C18H18N2OS2/c1-18(2)5-3-12-15(17(18)21)14(10-7-11(8-19)23-9-10)16-13(20-12)4-6-22-16/h7,9,14,16H,3-6H2,1-2H3. The minimum absolute atomic E-state index is 0.0791. The first-order chi connectivity index (χ1) is 11.0. The normalized spacial score (nSPS) is 28.9. The highest BCUT2D eigenvalue weighted by Gasteiger charge is 2.47. The van der Waals surface area contributed by atoms with Crippen LogP contribution in [0, 0.1) is 16.7 Å². The number of allylic oxidation sites excluding steroid dienone is 2. The third-order valence-electron chi connectivity index (χ3n) is 5.12. The summed E-state index contributed by atoms with van der Waals surface area (Å²) in [5, 5.41) is 11.5. The van der Waals surface area contributed by atoms with Crippen molar-refractivity contribution in [2.75, 3.05) is 5.75 Å². The molecule has 2 aliphatic heterocycles. The largest absolute Gasteiger partial charge is 0.294 e. The van der Waals surface area contributed by atoms with Gasteiger partial charge in [-0.25, -0.2) is 0 Å². The van der Waals surface area contributed by atoms with Crippen LogP contribution in [-0.2, 0) is 4.79 Å². The molecule has 23 heavy (non-hydrogen) atoms. The summed E-state index contributed by atoms with van der Waals surface area (Å²) < 4.78 is 0. The lowest BCUT2D eigenvalue weighted by molar-refractivity contribution is -0.124. The third kappa shape index (κ3) is 2.31. The lowest BCUT2D eigenvalue weighted by Gasteiger charge is -2.38. The Labute approximate surface area is 144 Å². The molecular weight excluding hydrogens is 324 g/mol. The summed E-state index contributed by atoms with van der Waals surface area (Å²) in [4.78, 5) is 18.7. The number of carbonyl (C=O) groups excluding carboxylic acids is 1. The van der Waals surface area contributed by atoms with Gasteiger partial charge in [0.15, 0.2) is 5.78 Å². The first-order valence-electron chi connectivity index (χ1n) is 7.97. The van der Waals surface area contributed by atoms with Gasteiger partial charge in [-0.05, 0) is 42.0 Å². The predicted molar refractivity (Wildman–Crippen MR) is 95.1 cm³/mol. The Kier molecular flexibility index (Phi) is 3.51. The monoisotopic (exact) mass is 342 g/mol. The summed E-state index contributed by atoms with van der Waals surface area (Å²) in [6, 6.07) is 4.20. The van der Waals surface area contributed by atoms with Crippen molar-refractivity contribution >= 4 is 34.6 Å². The SMILES string of the molecule is CC1(C)CCC2=C(C1=O)C(c1csc(C#N)c1)C1SCCC1=N2. The molecule has 1 saturated heterocycles. The molecule has 1 aromatic rings. The highest BCUT2D eigenvalue weighted by atomic mass is 32.2. The summed E-state index contributed by atoms with van der Waals surface area (Å²) in [6.07, 6.45) is 2.79. The zero-order chi connectivity index (χ0) is 16.2. The first kappa shape index (κ1) is 15.2. The van der Waals surface area contributed by atoms with E-state index >= 15 is 0 Å². The minimum Gasteiger partial charge on any atom is -0.294 e. The number of nitrogens with zero attached hydrogens (tertiary/aromatic N) is 2. The van der Waals surface area contributed by atoms with E-state index in [2.05, 4.69) is 11.4 Å². The lowest BCUT2D eigenvalue weighted by Crippen LogP contribution is -2.38. The molecule has 0 amide bonds. The number of hydrogen-bond donors (Lipinski definition) is 0. The maximum Gasteiger partial charge on any atom is 0.166 e. The van der Waals surface area contributed by atoms with Gasteiger partial charge >= 0.3 is 0 Å². The minimum atomic E-state index is -0.304. The van der Waals surface area contributed by atoms with Crippen molar-refractivity contribution in [1.29, 1.82) is 5.26 Å². The fraction of sp³-hybridized carbons (Fsp3) is 0.500. The van der Waals surface area contributed by atoms with E-state index in [1.165, 1.54) is 17.0 Å². The van der Waals surface area contributed by atoms with Gasteiger partial charge in [-0.1, -0.05) is 13.8 Å². The molecule has 0 saturated carbocycles. The number of thiophene rings is 1. The van der Waals surface area contributed by atoms with E-state index in [9.17, 15) is 4.79 Å². The second-order valence-electron chi connectivity index (χ2n) is 7.05. The third-order valence-corrected chi connectivity index (χ3v) is 7.32. The number of hydrogen-bond acceptors (Lipinski definition) is 5. The average Bonchev–Trinajstić information content (AvgIpc) is 3.18. The molecule has 2 atom stereocenters. The molecule has 3 aliphatic rings. The van der Waals surface area contributed by atoms with Crippen LogP contribution in [0.2, 0.25) is 0 Å². The number of thioether (sulfide) groups is 1. The Morgan fingerprint density at radius 1 is 1.39 bits per heavy atom. The summed E-state index contributed by atoms with van der Waals surface area (Å²) in [6.45, 7) is 4.09. The maximum atomic E-state index is 13.1. The molecule has 1 aliphatic carbocycles. The van der Waals surface area contributed by atoms with Crippen molar-refractivity contribution in [2.45, 2.75) is 44.3 Å². The van der Waals surface area contributed by atoms with Crippen LogP contribution in [0.4, 0.5) is 0 Å². The Morgan fingerprint density at radius 3 is 2.96 bits per heavy atom. The van der Waals surface area contributed by atoms with E-state index in [0.717, 1.165) is 46.7 Å². The lowest BCUT2D eigenvalue weighted by atomic mass is 9.68. The number of aliphatic imine (C=N–C) groups is 1. The molecule has 0 bridgehead atoms. The summed E-state index contributed by atoms with van der Waals surface area (Å²) in [7, 11) is 0. The molecule has 2 unspecified atom stereocenters. The van der Waals surface area contributed by atoms with Gasteiger partial charge in [0.2, 0.25) is 0 Å². The van der Waals surface area contributed by atoms with E-state index in [0.29, 0.717) is 0 Å². The second-order valence-corrected chi connectivity index (χ2v) is 9.21. The first-order valence-corrected chi connectivity index (χ1v) is 9.89. The molecule has 1 fully saturated rings. The maximum absolute atomic E-state index is 13.1. The quantitative estimate of drug-likeness (QED) is 0.764. The van der Waals surface area contributed by atoms with Gasteiger partial charge in [-0.2, -0.15) is 17.0 Å². The van der Waals surface area contributed by atoms with Crippen LogP contribution in [0.1, 0.15) is 49.5 Å². The Bertz CT molecular complexity index is 794. The Balaban J connectivity index is 1.87. The van der Waals surface area contributed by atoms with Gasteiger partial charge in [0.1, 0.15) is 10.9 Å². The highest BCUT2D eigenvalue weighted by Crippen LogP contribution is 2.51. The number of rotatable bonds is 1. The van der Waals surface area contributed by atoms with Crippen LogP contribution < -0.4 is 0 Å². The molecule has 118 valence electrons. The molecular formula is C18H18N2OS2. The molecule has 0 N–H and O–H groups in total. The molecule has 3 nitrogen and oxygen atoms in total. The number of ketones is 1. The van der Waals surface area contributed by atoms with E-state index in [1.807, 2.05) is 31.7 Å². The van der Waals surface area contributed by atoms with E-state index in [-0.39, 0.29) is 22.4 Å². The van der Waals surface area contributed by atoms with Gasteiger partial charge in [0.25, 0.3) is 0 Å². The number of fused-ring (bicyclic) bond motifs is 1. The number of Topliss-reactive ketones (excluding diaryl/α,β-unsaturated/α-hetero) is 1. The van der Waals surface area contributed by atoms with Crippen LogP contribution in [0.5, 0.6) is 0 Å². The van der Waals surface area contributed by atoms with E-state index in [1.54, 1.807) is 0 Å². The molecule has 0 aromatic carbocycles. The molecule has 1 aromatic heterocycles. The topological polar surface area (TPSA) is 53.2 Å². The van der Waals surface area contributed by atoms with Crippen molar-refractivity contribution in [3.8, 4) is 6.07 Å². The van der Waals surface area contributed by atoms with Crippen LogP contribution in [0.25, 0.3) is 0 Å². The number of carbonyl (C=O) groups is 1. The van der Waals surface area contributed by atoms with Crippen molar-refractivity contribution in [3.63, 3.8) is 0 Å². The van der Waals surface area contributed by atoms with Crippen molar-refractivity contribution in [2.24, 2.45) is 10.4 Å². The van der Waals surface area contributed by atoms with E-state index < -0.39 is 0 Å². The highest BCUT2D eigenvalue weighted by molar-refractivity contribution is 8.01. The van der Waals surface area contributed by atoms with Gasteiger partial charge in [-0.15, -0.1) is 11.3 Å². The van der Waals surface area contributed by atoms with Crippen molar-refractivity contribution in [1.82, 2.24) is 0 Å². The fourth-order valence-corrected chi connectivity index (χ4v) is 5.95. The fourth-order valence-electron chi connectivity index (χ4n) is 3.79. The summed E-state index contributed by atoms with van der Waals surface area (Å²) in [5.74, 6) is 1.41. The van der Waals surface area contributed by atoms with Crippen molar-refractivity contribution < 1.29 is 4.79 Å². The van der Waals surface area contributed by atoms with Crippen LogP contribution in [0.15, 0.2) is 27.7 Å². The van der Waals surface area contributed by atoms with Gasteiger partial charge < -0.3 is 0 Å². The van der Waals surface area contributed by atoms with Gasteiger partial charge in [0.05, 0.1) is 5.25 Å².